The van der Waals surface area contributed by atoms with Gasteiger partial charge in [0, 0.05) is 0 Å². The van der Waals surface area contributed by atoms with Crippen LogP contribution < -0.4 is 0 Å². The van der Waals surface area contributed by atoms with E-state index in [0.717, 1.165) is 17.6 Å². The summed E-state index contributed by atoms with van der Waals surface area (Å²) in [5.74, 6) is 0. The summed E-state index contributed by atoms with van der Waals surface area (Å²) in [5.41, 5.74) is 6.08. The van der Waals surface area contributed by atoms with Gasteiger partial charge in [0.2, 0.25) is 0 Å². The fourth-order valence-corrected chi connectivity index (χ4v) is 2.49. The average molecular weight is 266 g/mol. The van der Waals surface area contributed by atoms with Gasteiger partial charge in [-0.2, -0.15) is 0 Å². The van der Waals surface area contributed by atoms with Crippen LogP contribution in [0.2, 0.25) is 0 Å². The van der Waals surface area contributed by atoms with E-state index in [9.17, 15) is 0 Å². The van der Waals surface area contributed by atoms with E-state index in [1.54, 1.807) is 0 Å². The van der Waals surface area contributed by atoms with Crippen molar-refractivity contribution in [3.05, 3.63) is 60.2 Å². The number of fused-ring (bicyclic) bond motifs is 1. The van der Waals surface area contributed by atoms with Gasteiger partial charge in [0.1, 0.15) is 0 Å². The summed E-state index contributed by atoms with van der Waals surface area (Å²) in [7, 11) is 0. The summed E-state index contributed by atoms with van der Waals surface area (Å²) >= 11 is 0. The first-order valence-corrected chi connectivity index (χ1v) is 7.42. The molecule has 0 atom stereocenters. The van der Waals surface area contributed by atoms with Crippen LogP contribution in [0.3, 0.4) is 0 Å². The Kier molecular flexibility index (Phi) is 5.76. The van der Waals surface area contributed by atoms with Gasteiger partial charge in [0.25, 0.3) is 0 Å². The molecule has 0 N–H and O–H groups in total. The fraction of sp³-hybridized carbons (Fsp3) is 0.300. The molecule has 0 aliphatic carbocycles. The van der Waals surface area contributed by atoms with Gasteiger partial charge >= 0.3 is 0 Å². The zero-order valence-electron chi connectivity index (χ0n) is 13.5. The van der Waals surface area contributed by atoms with Gasteiger partial charge in [-0.1, -0.05) is 75.4 Å². The highest BCUT2D eigenvalue weighted by Gasteiger charge is 2.10. The second-order valence-corrected chi connectivity index (χ2v) is 4.91. The Morgan fingerprint density at radius 3 is 1.95 bits per heavy atom. The van der Waals surface area contributed by atoms with Crippen molar-refractivity contribution in [2.75, 3.05) is 0 Å². The first-order valence-electron chi connectivity index (χ1n) is 7.42. The first-order chi connectivity index (χ1) is 9.56. The number of benzene rings is 2. The van der Waals surface area contributed by atoms with Gasteiger partial charge < -0.3 is 0 Å². The Morgan fingerprint density at radius 2 is 1.45 bits per heavy atom. The third kappa shape index (κ3) is 3.01. The van der Waals surface area contributed by atoms with Gasteiger partial charge in [-0.3, -0.25) is 0 Å². The molecule has 0 aliphatic heterocycles. The Labute approximate surface area is 123 Å². The van der Waals surface area contributed by atoms with Crippen LogP contribution in [0.4, 0.5) is 0 Å². The Balaban J connectivity index is 0.000000956. The lowest BCUT2D eigenvalue weighted by Gasteiger charge is -2.14. The summed E-state index contributed by atoms with van der Waals surface area (Å²) in [6.07, 6.45) is 1.05. The second kappa shape index (κ2) is 7.09. The summed E-state index contributed by atoms with van der Waals surface area (Å²) in [6.45, 7) is 18.5. The zero-order valence-corrected chi connectivity index (χ0v) is 13.5. The molecule has 0 heteroatoms. The fourth-order valence-electron chi connectivity index (χ4n) is 2.49. The summed E-state index contributed by atoms with van der Waals surface area (Å²) < 4.78 is 0. The molecule has 2 aromatic carbocycles. The lowest BCUT2D eigenvalue weighted by atomic mass is 9.90. The Morgan fingerprint density at radius 1 is 0.900 bits per heavy atom. The van der Waals surface area contributed by atoms with Gasteiger partial charge in [0.05, 0.1) is 0 Å². The van der Waals surface area contributed by atoms with Crippen molar-refractivity contribution in [1.82, 2.24) is 0 Å². The lowest BCUT2D eigenvalue weighted by molar-refractivity contribution is 1.16. The molecule has 0 aliphatic rings. The van der Waals surface area contributed by atoms with E-state index in [1.807, 2.05) is 13.8 Å². The van der Waals surface area contributed by atoms with Crippen molar-refractivity contribution >= 4 is 21.9 Å². The molecule has 20 heavy (non-hydrogen) atoms. The standard InChI is InChI=1S/C18H20.C2H6/c1-6-14-10-11-16(13(4)5)18-15(12(2)3)8-7-9-17(14)18;1-2/h7-11H,2,4,6H2,1,3,5H3;1-2H3. The van der Waals surface area contributed by atoms with Crippen LogP contribution in [0.5, 0.6) is 0 Å². The van der Waals surface area contributed by atoms with Crippen LogP contribution in [0.25, 0.3) is 21.9 Å². The van der Waals surface area contributed by atoms with Crippen LogP contribution in [0.1, 0.15) is 51.3 Å². The van der Waals surface area contributed by atoms with Gasteiger partial charge in [-0.15, -0.1) is 0 Å². The third-order valence-corrected chi connectivity index (χ3v) is 3.43. The first kappa shape index (κ1) is 16.2. The quantitative estimate of drug-likeness (QED) is 0.595. The molecule has 2 aromatic rings. The van der Waals surface area contributed by atoms with E-state index in [1.165, 1.54) is 27.5 Å². The molecule has 2 rings (SSSR count). The molecule has 106 valence electrons. The van der Waals surface area contributed by atoms with Crippen molar-refractivity contribution in [3.8, 4) is 0 Å². The van der Waals surface area contributed by atoms with Crippen molar-refractivity contribution in [1.29, 1.82) is 0 Å². The molecule has 0 radical (unpaired) electrons. The number of rotatable bonds is 3. The summed E-state index contributed by atoms with van der Waals surface area (Å²) in [5, 5.41) is 2.63. The predicted molar refractivity (Wildman–Crippen MR) is 94.1 cm³/mol. The van der Waals surface area contributed by atoms with Crippen LogP contribution in [0.15, 0.2) is 43.5 Å². The van der Waals surface area contributed by atoms with Crippen LogP contribution >= 0.6 is 0 Å². The molecule has 0 heterocycles. The zero-order chi connectivity index (χ0) is 15.3. The van der Waals surface area contributed by atoms with Crippen molar-refractivity contribution in [2.24, 2.45) is 0 Å². The maximum absolute atomic E-state index is 4.10. The number of aryl methyl sites for hydroxylation is 1. The van der Waals surface area contributed by atoms with E-state index in [-0.39, 0.29) is 0 Å². The normalized spacial score (nSPS) is 9.85. The van der Waals surface area contributed by atoms with Gasteiger partial charge in [-0.25, -0.2) is 0 Å². The molecule has 0 fully saturated rings. The molecule has 0 bridgehead atoms. The maximum Gasteiger partial charge on any atom is -0.00312 e. The minimum absolute atomic E-state index is 1.05. The largest absolute Gasteiger partial charge is 0.0955 e. The minimum atomic E-state index is 1.05. The molecule has 0 saturated heterocycles. The molecule has 0 aromatic heterocycles. The molecule has 0 spiro atoms. The van der Waals surface area contributed by atoms with Crippen LogP contribution in [-0.4, -0.2) is 0 Å². The summed E-state index contributed by atoms with van der Waals surface area (Å²) in [6, 6.07) is 10.9. The average Bonchev–Trinajstić information content (AvgIpc) is 2.47. The second-order valence-electron chi connectivity index (χ2n) is 4.91. The Hall–Kier alpha value is -1.82. The molecule has 0 saturated carbocycles. The SMILES string of the molecule is C=C(C)c1cccc2c(CC)ccc(C(=C)C)c12.CC. The van der Waals surface area contributed by atoms with Crippen molar-refractivity contribution in [3.63, 3.8) is 0 Å². The predicted octanol–water partition coefficient (Wildman–Crippen LogP) is 6.49. The van der Waals surface area contributed by atoms with E-state index < -0.39 is 0 Å². The molecule has 0 unspecified atom stereocenters. The van der Waals surface area contributed by atoms with Gasteiger partial charge in [-0.05, 0) is 47.7 Å². The maximum atomic E-state index is 4.10. The summed E-state index contributed by atoms with van der Waals surface area (Å²) in [4.78, 5) is 0. The van der Waals surface area contributed by atoms with E-state index >= 15 is 0 Å². The van der Waals surface area contributed by atoms with E-state index in [0.29, 0.717) is 0 Å². The molecular formula is C20H26. The van der Waals surface area contributed by atoms with Crippen LogP contribution in [-0.2, 0) is 6.42 Å². The number of allylic oxidation sites excluding steroid dienone is 2. The third-order valence-electron chi connectivity index (χ3n) is 3.43. The highest BCUT2D eigenvalue weighted by atomic mass is 14.1. The molecular weight excluding hydrogens is 240 g/mol. The molecule has 0 nitrogen and oxygen atoms in total. The van der Waals surface area contributed by atoms with E-state index in [2.05, 4.69) is 64.3 Å². The topological polar surface area (TPSA) is 0 Å². The monoisotopic (exact) mass is 266 g/mol. The van der Waals surface area contributed by atoms with Crippen molar-refractivity contribution < 1.29 is 0 Å². The van der Waals surface area contributed by atoms with Gasteiger partial charge in [0.15, 0.2) is 0 Å². The number of hydrogen-bond donors (Lipinski definition) is 0. The van der Waals surface area contributed by atoms with Crippen LogP contribution in [0, 0.1) is 0 Å². The molecule has 0 amide bonds. The highest BCUT2D eigenvalue weighted by Crippen LogP contribution is 2.33. The highest BCUT2D eigenvalue weighted by molar-refractivity contribution is 6.02. The smallest absolute Gasteiger partial charge is 0.00312 e. The number of hydrogen-bond acceptors (Lipinski definition) is 0. The Bertz CT molecular complexity index is 610. The van der Waals surface area contributed by atoms with E-state index in [4.69, 9.17) is 0 Å². The lowest BCUT2D eigenvalue weighted by Crippen LogP contribution is -1.92. The minimum Gasteiger partial charge on any atom is -0.0955 e. The van der Waals surface area contributed by atoms with Crippen molar-refractivity contribution in [2.45, 2.75) is 41.0 Å².